The Morgan fingerprint density at radius 2 is 1.82 bits per heavy atom. The third kappa shape index (κ3) is 4.98. The Morgan fingerprint density at radius 1 is 1.29 bits per heavy atom. The lowest BCUT2D eigenvalue weighted by atomic mass is 9.99. The summed E-state index contributed by atoms with van der Waals surface area (Å²) in [6.07, 6.45) is 0.627. The van der Waals surface area contributed by atoms with Crippen molar-refractivity contribution in [1.82, 2.24) is 5.32 Å². The fraction of sp³-hybridized carbons (Fsp3) is 0.500. The van der Waals surface area contributed by atoms with Gasteiger partial charge in [-0.25, -0.2) is 4.39 Å². The number of nitrogens with one attached hydrogen (secondary N) is 1. The molecule has 0 aliphatic rings. The molecular formula is C14H20FNO. The van der Waals surface area contributed by atoms with Gasteiger partial charge in [0.25, 0.3) is 0 Å². The summed E-state index contributed by atoms with van der Waals surface area (Å²) in [5.74, 6) is -0.331. The molecule has 0 aromatic heterocycles. The summed E-state index contributed by atoms with van der Waals surface area (Å²) in [6, 6.07) is 6.28. The maximum absolute atomic E-state index is 12.7. The Labute approximate surface area is 102 Å². The SMILES string of the molecule is CC(Cc1ccc(F)cc1)C(=O)NC(C)(C)C. The number of carbonyl (C=O) groups is 1. The van der Waals surface area contributed by atoms with Crippen molar-refractivity contribution in [3.63, 3.8) is 0 Å². The van der Waals surface area contributed by atoms with E-state index in [1.54, 1.807) is 12.1 Å². The van der Waals surface area contributed by atoms with Crippen molar-refractivity contribution in [3.05, 3.63) is 35.6 Å². The zero-order chi connectivity index (χ0) is 13.1. The summed E-state index contributed by atoms with van der Waals surface area (Å²) >= 11 is 0. The van der Waals surface area contributed by atoms with Crippen LogP contribution in [0, 0.1) is 11.7 Å². The van der Waals surface area contributed by atoms with Gasteiger partial charge in [0.05, 0.1) is 0 Å². The Bertz CT molecular complexity index is 378. The van der Waals surface area contributed by atoms with Gasteiger partial charge in [-0.05, 0) is 44.9 Å². The largest absolute Gasteiger partial charge is 0.351 e. The molecule has 2 nitrogen and oxygen atoms in total. The highest BCUT2D eigenvalue weighted by Crippen LogP contribution is 2.11. The third-order valence-electron chi connectivity index (χ3n) is 2.40. The van der Waals surface area contributed by atoms with Crippen molar-refractivity contribution < 1.29 is 9.18 Å². The molecule has 17 heavy (non-hydrogen) atoms. The fourth-order valence-electron chi connectivity index (χ4n) is 1.56. The molecule has 0 radical (unpaired) electrons. The number of rotatable bonds is 3. The minimum Gasteiger partial charge on any atom is -0.351 e. The van der Waals surface area contributed by atoms with Crippen molar-refractivity contribution in [2.75, 3.05) is 0 Å². The maximum Gasteiger partial charge on any atom is 0.223 e. The van der Waals surface area contributed by atoms with Gasteiger partial charge in [-0.3, -0.25) is 4.79 Å². The minimum atomic E-state index is -0.249. The molecule has 1 N–H and O–H groups in total. The lowest BCUT2D eigenvalue weighted by Gasteiger charge is -2.23. The van der Waals surface area contributed by atoms with E-state index in [4.69, 9.17) is 0 Å². The van der Waals surface area contributed by atoms with Crippen LogP contribution in [0.15, 0.2) is 24.3 Å². The van der Waals surface area contributed by atoms with Crippen LogP contribution < -0.4 is 5.32 Å². The molecular weight excluding hydrogens is 217 g/mol. The highest BCUT2D eigenvalue weighted by Gasteiger charge is 2.19. The second-order valence-corrected chi connectivity index (χ2v) is 5.47. The van der Waals surface area contributed by atoms with Gasteiger partial charge in [-0.15, -0.1) is 0 Å². The summed E-state index contributed by atoms with van der Waals surface area (Å²) in [5.41, 5.74) is 0.761. The molecule has 0 heterocycles. The van der Waals surface area contributed by atoms with Gasteiger partial charge in [-0.1, -0.05) is 19.1 Å². The van der Waals surface area contributed by atoms with Crippen LogP contribution in [0.1, 0.15) is 33.3 Å². The maximum atomic E-state index is 12.7. The van der Waals surface area contributed by atoms with Crippen LogP contribution in [-0.4, -0.2) is 11.4 Å². The standard InChI is InChI=1S/C14H20FNO/c1-10(13(17)16-14(2,3)4)9-11-5-7-12(15)8-6-11/h5-8,10H,9H2,1-4H3,(H,16,17). The molecule has 0 spiro atoms. The summed E-state index contributed by atoms with van der Waals surface area (Å²) in [5, 5.41) is 2.94. The summed E-state index contributed by atoms with van der Waals surface area (Å²) in [6.45, 7) is 7.74. The molecule has 1 rings (SSSR count). The van der Waals surface area contributed by atoms with Crippen LogP contribution in [0.25, 0.3) is 0 Å². The van der Waals surface area contributed by atoms with E-state index in [0.29, 0.717) is 6.42 Å². The second-order valence-electron chi connectivity index (χ2n) is 5.47. The Balaban J connectivity index is 2.57. The van der Waals surface area contributed by atoms with Crippen LogP contribution in [0.2, 0.25) is 0 Å². The van der Waals surface area contributed by atoms with E-state index in [1.165, 1.54) is 12.1 Å². The molecule has 0 fully saturated rings. The second kappa shape index (κ2) is 5.30. The van der Waals surface area contributed by atoms with Gasteiger partial charge in [0.2, 0.25) is 5.91 Å². The van der Waals surface area contributed by atoms with Crippen molar-refractivity contribution in [2.24, 2.45) is 5.92 Å². The monoisotopic (exact) mass is 237 g/mol. The van der Waals surface area contributed by atoms with Crippen LogP contribution >= 0.6 is 0 Å². The zero-order valence-corrected chi connectivity index (χ0v) is 10.9. The van der Waals surface area contributed by atoms with Gasteiger partial charge in [0.1, 0.15) is 5.82 Å². The lowest BCUT2D eigenvalue weighted by Crippen LogP contribution is -2.43. The zero-order valence-electron chi connectivity index (χ0n) is 10.9. The van der Waals surface area contributed by atoms with E-state index in [-0.39, 0.29) is 23.2 Å². The molecule has 1 aromatic carbocycles. The topological polar surface area (TPSA) is 29.1 Å². The Morgan fingerprint density at radius 3 is 2.29 bits per heavy atom. The van der Waals surface area contributed by atoms with E-state index in [2.05, 4.69) is 5.32 Å². The molecule has 0 saturated heterocycles. The van der Waals surface area contributed by atoms with Crippen molar-refractivity contribution >= 4 is 5.91 Å². The molecule has 0 bridgehead atoms. The molecule has 3 heteroatoms. The van der Waals surface area contributed by atoms with E-state index < -0.39 is 0 Å². The van der Waals surface area contributed by atoms with Gasteiger partial charge < -0.3 is 5.32 Å². The molecule has 0 saturated carbocycles. The summed E-state index contributed by atoms with van der Waals surface area (Å²) in [4.78, 5) is 11.8. The van der Waals surface area contributed by atoms with Crippen LogP contribution in [-0.2, 0) is 11.2 Å². The van der Waals surface area contributed by atoms with E-state index in [0.717, 1.165) is 5.56 Å². The van der Waals surface area contributed by atoms with Crippen molar-refractivity contribution in [1.29, 1.82) is 0 Å². The number of amides is 1. The van der Waals surface area contributed by atoms with Crippen LogP contribution in [0.3, 0.4) is 0 Å². The van der Waals surface area contributed by atoms with E-state index in [9.17, 15) is 9.18 Å². The molecule has 1 aromatic rings. The van der Waals surface area contributed by atoms with Gasteiger partial charge in [0.15, 0.2) is 0 Å². The van der Waals surface area contributed by atoms with Gasteiger partial charge in [0, 0.05) is 11.5 Å². The number of hydrogen-bond donors (Lipinski definition) is 1. The third-order valence-corrected chi connectivity index (χ3v) is 2.40. The van der Waals surface area contributed by atoms with Crippen LogP contribution in [0.4, 0.5) is 4.39 Å². The quantitative estimate of drug-likeness (QED) is 0.860. The first-order valence-electron chi connectivity index (χ1n) is 5.84. The minimum absolute atomic E-state index is 0.0295. The lowest BCUT2D eigenvalue weighted by molar-refractivity contribution is -0.125. The molecule has 1 unspecified atom stereocenters. The summed E-state index contributed by atoms with van der Waals surface area (Å²) < 4.78 is 12.7. The van der Waals surface area contributed by atoms with Crippen molar-refractivity contribution in [2.45, 2.75) is 39.7 Å². The van der Waals surface area contributed by atoms with Gasteiger partial charge in [-0.2, -0.15) is 0 Å². The first-order valence-corrected chi connectivity index (χ1v) is 5.84. The first-order chi connectivity index (χ1) is 7.78. The first kappa shape index (κ1) is 13.7. The molecule has 1 atom stereocenters. The smallest absolute Gasteiger partial charge is 0.223 e. The average molecular weight is 237 g/mol. The summed E-state index contributed by atoms with van der Waals surface area (Å²) in [7, 11) is 0. The molecule has 1 amide bonds. The van der Waals surface area contributed by atoms with E-state index in [1.807, 2.05) is 27.7 Å². The average Bonchev–Trinajstić information content (AvgIpc) is 2.19. The predicted molar refractivity (Wildman–Crippen MR) is 67.2 cm³/mol. The predicted octanol–water partition coefficient (Wildman–Crippen LogP) is 2.92. The normalized spacial score (nSPS) is 13.2. The number of carbonyl (C=O) groups excluding carboxylic acids is 1. The van der Waals surface area contributed by atoms with E-state index >= 15 is 0 Å². The molecule has 0 aliphatic carbocycles. The van der Waals surface area contributed by atoms with Gasteiger partial charge >= 0.3 is 0 Å². The fourth-order valence-corrected chi connectivity index (χ4v) is 1.56. The number of benzene rings is 1. The Hall–Kier alpha value is -1.38. The highest BCUT2D eigenvalue weighted by atomic mass is 19.1. The number of halogens is 1. The van der Waals surface area contributed by atoms with Crippen LogP contribution in [0.5, 0.6) is 0 Å². The molecule has 94 valence electrons. The van der Waals surface area contributed by atoms with Crippen molar-refractivity contribution in [3.8, 4) is 0 Å². The Kier molecular flexibility index (Phi) is 4.27. The number of hydrogen-bond acceptors (Lipinski definition) is 1. The molecule has 0 aliphatic heterocycles. The highest BCUT2D eigenvalue weighted by molar-refractivity contribution is 5.79.